The Balaban J connectivity index is 1.94. The molecular formula is C15H15Cl2N3O. The molecule has 2 heterocycles. The minimum atomic E-state index is 0.0521. The third kappa shape index (κ3) is 2.65. The van der Waals surface area contributed by atoms with Gasteiger partial charge in [0.2, 0.25) is 0 Å². The van der Waals surface area contributed by atoms with E-state index >= 15 is 0 Å². The van der Waals surface area contributed by atoms with Crippen molar-refractivity contribution in [2.75, 3.05) is 13.1 Å². The lowest BCUT2D eigenvalue weighted by Gasteiger charge is -2.14. The first-order chi connectivity index (χ1) is 10.1. The van der Waals surface area contributed by atoms with Crippen LogP contribution in [0.15, 0.2) is 24.4 Å². The van der Waals surface area contributed by atoms with Crippen molar-refractivity contribution < 1.29 is 4.79 Å². The summed E-state index contributed by atoms with van der Waals surface area (Å²) in [6.07, 6.45) is 3.77. The second kappa shape index (κ2) is 5.70. The van der Waals surface area contributed by atoms with E-state index in [2.05, 4.69) is 5.10 Å². The van der Waals surface area contributed by atoms with Crippen LogP contribution in [0.25, 0.3) is 5.69 Å². The molecule has 0 spiro atoms. The maximum absolute atomic E-state index is 12.5. The SMILES string of the molecule is Cc1c(C(=O)N2CCCC2)cnn1-c1ccc(Cl)c(Cl)c1. The van der Waals surface area contributed by atoms with Crippen LogP contribution in [0, 0.1) is 6.92 Å². The molecule has 0 atom stereocenters. The van der Waals surface area contributed by atoms with Crippen LogP contribution in [-0.4, -0.2) is 33.7 Å². The fourth-order valence-electron chi connectivity index (χ4n) is 2.59. The second-order valence-corrected chi connectivity index (χ2v) is 5.97. The molecule has 3 rings (SSSR count). The van der Waals surface area contributed by atoms with Gasteiger partial charge >= 0.3 is 0 Å². The second-order valence-electron chi connectivity index (χ2n) is 5.15. The van der Waals surface area contributed by atoms with Crippen molar-refractivity contribution in [3.63, 3.8) is 0 Å². The standard InChI is InChI=1S/C15H15Cl2N3O/c1-10-12(15(21)19-6-2-3-7-19)9-18-20(10)11-4-5-13(16)14(17)8-11/h4-5,8-9H,2-3,6-7H2,1H3. The Hall–Kier alpha value is -1.52. The molecule has 0 N–H and O–H groups in total. The molecule has 0 radical (unpaired) electrons. The van der Waals surface area contributed by atoms with Gasteiger partial charge in [0, 0.05) is 13.1 Å². The van der Waals surface area contributed by atoms with E-state index in [-0.39, 0.29) is 5.91 Å². The molecule has 0 bridgehead atoms. The monoisotopic (exact) mass is 323 g/mol. The lowest BCUT2D eigenvalue weighted by atomic mass is 10.2. The summed E-state index contributed by atoms with van der Waals surface area (Å²) in [6.45, 7) is 3.55. The van der Waals surface area contributed by atoms with Gasteiger partial charge in [0.15, 0.2) is 0 Å². The molecule has 110 valence electrons. The van der Waals surface area contributed by atoms with Gasteiger partial charge in [-0.2, -0.15) is 5.10 Å². The van der Waals surface area contributed by atoms with E-state index in [4.69, 9.17) is 23.2 Å². The first-order valence-corrected chi connectivity index (χ1v) is 7.63. The van der Waals surface area contributed by atoms with E-state index in [1.165, 1.54) is 0 Å². The summed E-state index contributed by atoms with van der Waals surface area (Å²) in [7, 11) is 0. The molecule has 1 saturated heterocycles. The zero-order valence-corrected chi connectivity index (χ0v) is 13.2. The van der Waals surface area contributed by atoms with Crippen LogP contribution in [0.4, 0.5) is 0 Å². The van der Waals surface area contributed by atoms with Crippen LogP contribution in [0.1, 0.15) is 28.9 Å². The molecule has 0 unspecified atom stereocenters. The van der Waals surface area contributed by atoms with E-state index in [1.54, 1.807) is 23.0 Å². The summed E-state index contributed by atoms with van der Waals surface area (Å²) in [5, 5.41) is 5.28. The van der Waals surface area contributed by atoms with Crippen molar-refractivity contribution in [1.82, 2.24) is 14.7 Å². The van der Waals surface area contributed by atoms with Crippen LogP contribution in [0.3, 0.4) is 0 Å². The first kappa shape index (κ1) is 14.4. The number of amides is 1. The molecule has 1 amide bonds. The smallest absolute Gasteiger partial charge is 0.257 e. The van der Waals surface area contributed by atoms with E-state index < -0.39 is 0 Å². The number of hydrogen-bond acceptors (Lipinski definition) is 2. The van der Waals surface area contributed by atoms with Crippen molar-refractivity contribution in [3.05, 3.63) is 45.7 Å². The quantitative estimate of drug-likeness (QED) is 0.844. The predicted octanol–water partition coefficient (Wildman–Crippen LogP) is 3.72. The number of nitrogens with zero attached hydrogens (tertiary/aromatic N) is 3. The largest absolute Gasteiger partial charge is 0.339 e. The van der Waals surface area contributed by atoms with Crippen LogP contribution >= 0.6 is 23.2 Å². The van der Waals surface area contributed by atoms with Crippen LogP contribution in [-0.2, 0) is 0 Å². The zero-order valence-electron chi connectivity index (χ0n) is 11.6. The molecule has 6 heteroatoms. The number of benzene rings is 1. The fraction of sp³-hybridized carbons (Fsp3) is 0.333. The van der Waals surface area contributed by atoms with Crippen LogP contribution in [0.2, 0.25) is 10.0 Å². The predicted molar refractivity (Wildman–Crippen MR) is 83.5 cm³/mol. The average molecular weight is 324 g/mol. The number of carbonyl (C=O) groups is 1. The van der Waals surface area contributed by atoms with Crippen molar-refractivity contribution in [2.45, 2.75) is 19.8 Å². The van der Waals surface area contributed by atoms with Gasteiger partial charge in [-0.3, -0.25) is 4.79 Å². The van der Waals surface area contributed by atoms with E-state index in [0.717, 1.165) is 37.3 Å². The molecule has 2 aromatic rings. The lowest BCUT2D eigenvalue weighted by Crippen LogP contribution is -2.27. The number of carbonyl (C=O) groups excluding carboxylic acids is 1. The van der Waals surface area contributed by atoms with Gasteiger partial charge in [0.05, 0.1) is 33.2 Å². The average Bonchev–Trinajstić information content (AvgIpc) is 3.11. The molecule has 4 nitrogen and oxygen atoms in total. The normalized spacial score (nSPS) is 14.7. The first-order valence-electron chi connectivity index (χ1n) is 6.87. The Morgan fingerprint density at radius 3 is 2.57 bits per heavy atom. The summed E-state index contributed by atoms with van der Waals surface area (Å²) in [4.78, 5) is 14.3. The minimum absolute atomic E-state index is 0.0521. The Morgan fingerprint density at radius 1 is 1.19 bits per heavy atom. The van der Waals surface area contributed by atoms with Gasteiger partial charge in [0.25, 0.3) is 5.91 Å². The molecule has 1 aromatic heterocycles. The Bertz CT molecular complexity index is 690. The molecule has 1 aromatic carbocycles. The maximum Gasteiger partial charge on any atom is 0.257 e. The Labute approximate surface area is 133 Å². The molecule has 21 heavy (non-hydrogen) atoms. The third-order valence-corrected chi connectivity index (χ3v) is 4.52. The summed E-state index contributed by atoms with van der Waals surface area (Å²) in [6, 6.07) is 5.30. The van der Waals surface area contributed by atoms with Gasteiger partial charge in [-0.1, -0.05) is 23.2 Å². The Morgan fingerprint density at radius 2 is 1.90 bits per heavy atom. The molecule has 0 saturated carbocycles. The van der Waals surface area contributed by atoms with E-state index in [1.807, 2.05) is 17.9 Å². The van der Waals surface area contributed by atoms with Crippen LogP contribution < -0.4 is 0 Å². The van der Waals surface area contributed by atoms with Gasteiger partial charge in [-0.05, 0) is 38.0 Å². The summed E-state index contributed by atoms with van der Waals surface area (Å²) in [5.41, 5.74) is 2.25. The molecular weight excluding hydrogens is 309 g/mol. The topological polar surface area (TPSA) is 38.1 Å². The minimum Gasteiger partial charge on any atom is -0.339 e. The van der Waals surface area contributed by atoms with E-state index in [9.17, 15) is 4.79 Å². The zero-order chi connectivity index (χ0) is 15.0. The van der Waals surface area contributed by atoms with Crippen molar-refractivity contribution in [2.24, 2.45) is 0 Å². The molecule has 1 fully saturated rings. The summed E-state index contributed by atoms with van der Waals surface area (Å²) >= 11 is 12.0. The number of likely N-dealkylation sites (tertiary alicyclic amines) is 1. The Kier molecular flexibility index (Phi) is 3.91. The van der Waals surface area contributed by atoms with Crippen molar-refractivity contribution in [1.29, 1.82) is 0 Å². The van der Waals surface area contributed by atoms with E-state index in [0.29, 0.717) is 15.6 Å². The maximum atomic E-state index is 12.5. The molecule has 1 aliphatic heterocycles. The highest BCUT2D eigenvalue weighted by Crippen LogP contribution is 2.25. The summed E-state index contributed by atoms with van der Waals surface area (Å²) < 4.78 is 1.71. The van der Waals surface area contributed by atoms with Gasteiger partial charge in [-0.15, -0.1) is 0 Å². The summed E-state index contributed by atoms with van der Waals surface area (Å²) in [5.74, 6) is 0.0521. The highest BCUT2D eigenvalue weighted by molar-refractivity contribution is 6.42. The number of halogens is 2. The lowest BCUT2D eigenvalue weighted by molar-refractivity contribution is 0.0792. The highest BCUT2D eigenvalue weighted by atomic mass is 35.5. The van der Waals surface area contributed by atoms with Crippen molar-refractivity contribution in [3.8, 4) is 5.69 Å². The van der Waals surface area contributed by atoms with Gasteiger partial charge < -0.3 is 4.90 Å². The van der Waals surface area contributed by atoms with Crippen LogP contribution in [0.5, 0.6) is 0 Å². The highest BCUT2D eigenvalue weighted by Gasteiger charge is 2.23. The number of rotatable bonds is 2. The molecule has 0 aliphatic carbocycles. The number of hydrogen-bond donors (Lipinski definition) is 0. The van der Waals surface area contributed by atoms with Gasteiger partial charge in [0.1, 0.15) is 0 Å². The fourth-order valence-corrected chi connectivity index (χ4v) is 2.88. The third-order valence-electron chi connectivity index (χ3n) is 3.78. The van der Waals surface area contributed by atoms with Crippen molar-refractivity contribution >= 4 is 29.1 Å². The molecule has 1 aliphatic rings. The number of aromatic nitrogens is 2. The van der Waals surface area contributed by atoms with Gasteiger partial charge in [-0.25, -0.2) is 4.68 Å².